The molecule has 0 unspecified atom stereocenters. The number of nitrogens with zero attached hydrogens (tertiary/aromatic N) is 2. The van der Waals surface area contributed by atoms with E-state index >= 15 is 0 Å². The number of hydrogen-bond acceptors (Lipinski definition) is 4. The lowest BCUT2D eigenvalue weighted by molar-refractivity contribution is -0.140. The molecule has 0 aliphatic carbocycles. The first-order valence-corrected chi connectivity index (χ1v) is 14.0. The number of benzene rings is 2. The van der Waals surface area contributed by atoms with Crippen LogP contribution < -0.4 is 9.62 Å². The molecule has 2 rings (SSSR count). The van der Waals surface area contributed by atoms with Gasteiger partial charge in [0, 0.05) is 36.1 Å². The zero-order valence-corrected chi connectivity index (χ0v) is 22.8. The fourth-order valence-corrected chi connectivity index (χ4v) is 4.74. The van der Waals surface area contributed by atoms with Crippen LogP contribution in [-0.2, 0) is 26.2 Å². The molecule has 1 atom stereocenters. The second-order valence-corrected chi connectivity index (χ2v) is 11.6. The Morgan fingerprint density at radius 1 is 1.00 bits per heavy atom. The number of hydrogen-bond donors (Lipinski definition) is 1. The van der Waals surface area contributed by atoms with E-state index in [1.54, 1.807) is 43.3 Å². The van der Waals surface area contributed by atoms with Crippen molar-refractivity contribution in [3.63, 3.8) is 0 Å². The van der Waals surface area contributed by atoms with Gasteiger partial charge in [0.2, 0.25) is 21.8 Å². The number of amides is 2. The number of carbonyl (C=O) groups excluding carboxylic acids is 2. The van der Waals surface area contributed by atoms with Crippen molar-refractivity contribution in [3.05, 3.63) is 64.1 Å². The van der Waals surface area contributed by atoms with Gasteiger partial charge in [0.05, 0.1) is 11.9 Å². The Kier molecular flexibility index (Phi) is 10.9. The maximum absolute atomic E-state index is 13.3. The summed E-state index contributed by atoms with van der Waals surface area (Å²) in [6, 6.07) is 12.9. The molecule has 0 aromatic heterocycles. The van der Waals surface area contributed by atoms with Crippen molar-refractivity contribution in [2.45, 2.75) is 46.2 Å². The molecule has 0 spiro atoms. The van der Waals surface area contributed by atoms with E-state index in [0.717, 1.165) is 11.8 Å². The number of nitrogens with one attached hydrogen (secondary N) is 1. The Morgan fingerprint density at radius 2 is 1.63 bits per heavy atom. The minimum atomic E-state index is -3.56. The van der Waals surface area contributed by atoms with E-state index in [1.807, 2.05) is 26.0 Å². The van der Waals surface area contributed by atoms with Crippen molar-refractivity contribution < 1.29 is 18.0 Å². The summed E-state index contributed by atoms with van der Waals surface area (Å²) in [5.74, 6) is -0.242. The monoisotopic (exact) mass is 541 g/mol. The third-order valence-corrected chi connectivity index (χ3v) is 7.23. The number of carbonyl (C=O) groups is 2. The topological polar surface area (TPSA) is 86.8 Å². The van der Waals surface area contributed by atoms with Crippen LogP contribution in [0.1, 0.15) is 39.2 Å². The first-order chi connectivity index (χ1) is 16.4. The summed E-state index contributed by atoms with van der Waals surface area (Å²) < 4.78 is 26.0. The van der Waals surface area contributed by atoms with Gasteiger partial charge in [-0.2, -0.15) is 0 Å². The smallest absolute Gasteiger partial charge is 0.242 e. The molecular weight excluding hydrogens is 509 g/mol. The molecule has 0 radical (unpaired) electrons. The van der Waals surface area contributed by atoms with Gasteiger partial charge in [-0.3, -0.25) is 13.9 Å². The summed E-state index contributed by atoms with van der Waals surface area (Å²) >= 11 is 12.2. The zero-order chi connectivity index (χ0) is 26.2. The van der Waals surface area contributed by atoms with Gasteiger partial charge in [-0.1, -0.05) is 55.2 Å². The lowest BCUT2D eigenvalue weighted by Crippen LogP contribution is -2.48. The zero-order valence-electron chi connectivity index (χ0n) is 20.5. The number of rotatable bonds is 12. The van der Waals surface area contributed by atoms with Crippen LogP contribution in [0.4, 0.5) is 5.69 Å². The van der Waals surface area contributed by atoms with Crippen molar-refractivity contribution in [2.24, 2.45) is 5.92 Å². The largest absolute Gasteiger partial charge is 0.354 e. The molecule has 0 aliphatic rings. The molecule has 0 aliphatic heterocycles. The fraction of sp³-hybridized carbons (Fsp3) is 0.440. The molecule has 192 valence electrons. The number of halogens is 2. The summed E-state index contributed by atoms with van der Waals surface area (Å²) in [6.45, 7) is 6.45. The predicted molar refractivity (Wildman–Crippen MR) is 142 cm³/mol. The summed E-state index contributed by atoms with van der Waals surface area (Å²) in [7, 11) is -3.56. The van der Waals surface area contributed by atoms with Crippen molar-refractivity contribution >= 4 is 50.7 Å². The molecular formula is C25H33Cl2N3O4S. The molecule has 0 saturated carbocycles. The van der Waals surface area contributed by atoms with Crippen LogP contribution in [0.3, 0.4) is 0 Å². The minimum absolute atomic E-state index is 0.0614. The molecule has 0 fully saturated rings. The molecule has 2 aromatic rings. The Bertz CT molecular complexity index is 1110. The van der Waals surface area contributed by atoms with Crippen LogP contribution in [0.15, 0.2) is 48.5 Å². The normalized spacial score (nSPS) is 12.3. The third-order valence-electron chi connectivity index (χ3n) is 5.42. The quantitative estimate of drug-likeness (QED) is 0.420. The summed E-state index contributed by atoms with van der Waals surface area (Å²) in [5.41, 5.74) is 1.20. The van der Waals surface area contributed by atoms with Crippen LogP contribution >= 0.6 is 23.2 Å². The molecule has 35 heavy (non-hydrogen) atoms. The maximum Gasteiger partial charge on any atom is 0.242 e. The number of anilines is 1. The Morgan fingerprint density at radius 3 is 2.20 bits per heavy atom. The highest BCUT2D eigenvalue weighted by Crippen LogP contribution is 2.22. The lowest BCUT2D eigenvalue weighted by atomic mass is 10.1. The molecule has 10 heteroatoms. The van der Waals surface area contributed by atoms with Crippen LogP contribution in [0.5, 0.6) is 0 Å². The second kappa shape index (κ2) is 13.1. The minimum Gasteiger partial charge on any atom is -0.354 e. The Labute approximate surface area is 218 Å². The van der Waals surface area contributed by atoms with Gasteiger partial charge in [-0.25, -0.2) is 8.42 Å². The highest BCUT2D eigenvalue weighted by Gasteiger charge is 2.27. The standard InChI is InChI=1S/C25H33Cl2N3O4S/c1-18(2)16-28-25(32)19(3)29(17-20-8-5-6-9-23(20)27)24(31)10-7-15-30(35(4,33)34)22-13-11-21(26)12-14-22/h5-6,8-9,11-14,18-19H,7,10,15-17H2,1-4H3,(H,28,32)/t19-/m0/s1. The highest BCUT2D eigenvalue weighted by atomic mass is 35.5. The molecule has 0 bridgehead atoms. The van der Waals surface area contributed by atoms with Crippen LogP contribution in [0.2, 0.25) is 10.0 Å². The first kappa shape index (κ1) is 28.9. The molecule has 1 N–H and O–H groups in total. The van der Waals surface area contributed by atoms with Crippen LogP contribution in [-0.4, -0.2) is 50.5 Å². The molecule has 0 heterocycles. The summed E-state index contributed by atoms with van der Waals surface area (Å²) in [4.78, 5) is 27.5. The summed E-state index contributed by atoms with van der Waals surface area (Å²) in [6.07, 6.45) is 1.45. The van der Waals surface area contributed by atoms with E-state index in [2.05, 4.69) is 5.32 Å². The van der Waals surface area contributed by atoms with E-state index in [1.165, 1.54) is 9.21 Å². The maximum atomic E-state index is 13.3. The van der Waals surface area contributed by atoms with E-state index in [-0.39, 0.29) is 43.7 Å². The average molecular weight is 543 g/mol. The average Bonchev–Trinajstić information content (AvgIpc) is 2.79. The van der Waals surface area contributed by atoms with E-state index < -0.39 is 16.1 Å². The van der Waals surface area contributed by atoms with Crippen molar-refractivity contribution in [2.75, 3.05) is 23.7 Å². The summed E-state index contributed by atoms with van der Waals surface area (Å²) in [5, 5.41) is 3.88. The van der Waals surface area contributed by atoms with Crippen molar-refractivity contribution in [1.29, 1.82) is 0 Å². The Balaban J connectivity index is 2.16. The van der Waals surface area contributed by atoms with Gasteiger partial charge in [-0.15, -0.1) is 0 Å². The molecule has 2 aromatic carbocycles. The van der Waals surface area contributed by atoms with Gasteiger partial charge >= 0.3 is 0 Å². The van der Waals surface area contributed by atoms with Crippen LogP contribution in [0, 0.1) is 5.92 Å². The SMILES string of the molecule is CC(C)CNC(=O)[C@H](C)N(Cc1ccccc1Cl)C(=O)CCCN(c1ccc(Cl)cc1)S(C)(=O)=O. The molecule has 7 nitrogen and oxygen atoms in total. The van der Waals surface area contributed by atoms with Gasteiger partial charge in [-0.05, 0) is 55.2 Å². The van der Waals surface area contributed by atoms with Gasteiger partial charge in [0.25, 0.3) is 0 Å². The van der Waals surface area contributed by atoms with Gasteiger partial charge in [0.15, 0.2) is 0 Å². The van der Waals surface area contributed by atoms with Crippen molar-refractivity contribution in [1.82, 2.24) is 10.2 Å². The third kappa shape index (κ3) is 9.02. The predicted octanol–water partition coefficient (Wildman–Crippen LogP) is 4.73. The van der Waals surface area contributed by atoms with E-state index in [0.29, 0.717) is 22.3 Å². The second-order valence-electron chi connectivity index (χ2n) is 8.84. The Hall–Kier alpha value is -2.29. The van der Waals surface area contributed by atoms with E-state index in [4.69, 9.17) is 23.2 Å². The lowest BCUT2D eigenvalue weighted by Gasteiger charge is -2.30. The highest BCUT2D eigenvalue weighted by molar-refractivity contribution is 7.92. The van der Waals surface area contributed by atoms with E-state index in [9.17, 15) is 18.0 Å². The van der Waals surface area contributed by atoms with Gasteiger partial charge < -0.3 is 10.2 Å². The molecule has 0 saturated heterocycles. The molecule has 2 amide bonds. The van der Waals surface area contributed by atoms with Gasteiger partial charge in [0.1, 0.15) is 6.04 Å². The number of sulfonamides is 1. The first-order valence-electron chi connectivity index (χ1n) is 11.4. The van der Waals surface area contributed by atoms with Crippen LogP contribution in [0.25, 0.3) is 0 Å². The van der Waals surface area contributed by atoms with Crippen molar-refractivity contribution in [3.8, 4) is 0 Å². The fourth-order valence-electron chi connectivity index (χ4n) is 3.46.